The molecule has 0 aliphatic rings. The SMILES string of the molecule is CCOCCN(CC)S(=O)(=O)c1ccc(C)c(CN)c1. The molecule has 114 valence electrons. The number of hydrogen-bond acceptors (Lipinski definition) is 4. The van der Waals surface area contributed by atoms with E-state index in [1.165, 1.54) is 4.31 Å². The maximum absolute atomic E-state index is 12.6. The first-order valence-corrected chi connectivity index (χ1v) is 8.28. The molecule has 0 saturated carbocycles. The Morgan fingerprint density at radius 2 is 2.00 bits per heavy atom. The van der Waals surface area contributed by atoms with Crippen LogP contribution in [0.2, 0.25) is 0 Å². The molecule has 0 unspecified atom stereocenters. The fourth-order valence-electron chi connectivity index (χ4n) is 1.94. The van der Waals surface area contributed by atoms with Crippen molar-refractivity contribution in [2.45, 2.75) is 32.2 Å². The predicted molar refractivity (Wildman–Crippen MR) is 80.0 cm³/mol. The molecule has 20 heavy (non-hydrogen) atoms. The molecule has 0 spiro atoms. The van der Waals surface area contributed by atoms with Gasteiger partial charge in [-0.1, -0.05) is 13.0 Å². The fraction of sp³-hybridized carbons (Fsp3) is 0.571. The summed E-state index contributed by atoms with van der Waals surface area (Å²) >= 11 is 0. The van der Waals surface area contributed by atoms with Gasteiger partial charge in [0.1, 0.15) is 0 Å². The predicted octanol–water partition coefficient (Wildman–Crippen LogP) is 1.50. The van der Waals surface area contributed by atoms with E-state index in [1.807, 2.05) is 20.8 Å². The summed E-state index contributed by atoms with van der Waals surface area (Å²) in [5, 5.41) is 0. The Morgan fingerprint density at radius 1 is 1.30 bits per heavy atom. The van der Waals surface area contributed by atoms with Gasteiger partial charge in [-0.3, -0.25) is 0 Å². The number of nitrogens with zero attached hydrogens (tertiary/aromatic N) is 1. The summed E-state index contributed by atoms with van der Waals surface area (Å²) in [6, 6.07) is 5.09. The minimum absolute atomic E-state index is 0.293. The number of aryl methyl sites for hydroxylation is 1. The van der Waals surface area contributed by atoms with Crippen LogP contribution in [-0.4, -0.2) is 39.0 Å². The first-order valence-electron chi connectivity index (χ1n) is 6.84. The first-order chi connectivity index (χ1) is 9.47. The first kappa shape index (κ1) is 17.1. The molecule has 0 saturated heterocycles. The van der Waals surface area contributed by atoms with E-state index >= 15 is 0 Å². The van der Waals surface area contributed by atoms with Crippen molar-refractivity contribution in [2.24, 2.45) is 5.73 Å². The number of rotatable bonds is 8. The van der Waals surface area contributed by atoms with Gasteiger partial charge in [-0.05, 0) is 37.1 Å². The van der Waals surface area contributed by atoms with E-state index in [0.29, 0.717) is 37.7 Å². The molecule has 2 N–H and O–H groups in total. The lowest BCUT2D eigenvalue weighted by Crippen LogP contribution is -2.34. The van der Waals surface area contributed by atoms with E-state index in [4.69, 9.17) is 10.5 Å². The van der Waals surface area contributed by atoms with Crippen LogP contribution >= 0.6 is 0 Å². The second kappa shape index (κ2) is 7.73. The van der Waals surface area contributed by atoms with Crippen molar-refractivity contribution in [1.29, 1.82) is 0 Å². The Hall–Kier alpha value is -0.950. The third-order valence-corrected chi connectivity index (χ3v) is 5.19. The molecule has 0 heterocycles. The van der Waals surface area contributed by atoms with Gasteiger partial charge < -0.3 is 10.5 Å². The zero-order chi connectivity index (χ0) is 15.2. The largest absolute Gasteiger partial charge is 0.380 e. The molecular formula is C14H24N2O3S. The monoisotopic (exact) mass is 300 g/mol. The molecule has 0 radical (unpaired) electrons. The van der Waals surface area contributed by atoms with Crippen LogP contribution in [0.15, 0.2) is 23.1 Å². The summed E-state index contributed by atoms with van der Waals surface area (Å²) in [6.45, 7) is 7.73. The molecule has 0 atom stereocenters. The molecule has 0 amide bonds. The lowest BCUT2D eigenvalue weighted by Gasteiger charge is -2.21. The van der Waals surface area contributed by atoms with Crippen molar-refractivity contribution < 1.29 is 13.2 Å². The fourth-order valence-corrected chi connectivity index (χ4v) is 3.42. The Bertz CT molecular complexity index is 529. The second-order valence-corrected chi connectivity index (χ2v) is 6.42. The smallest absolute Gasteiger partial charge is 0.243 e. The molecule has 6 heteroatoms. The third kappa shape index (κ3) is 4.02. The molecule has 0 aliphatic heterocycles. The Kier molecular flexibility index (Phi) is 6.61. The van der Waals surface area contributed by atoms with E-state index in [9.17, 15) is 8.42 Å². The Morgan fingerprint density at radius 3 is 2.55 bits per heavy atom. The lowest BCUT2D eigenvalue weighted by atomic mass is 10.1. The van der Waals surface area contributed by atoms with Crippen LogP contribution in [0.5, 0.6) is 0 Å². The maximum atomic E-state index is 12.6. The van der Waals surface area contributed by atoms with Crippen LogP contribution in [0.3, 0.4) is 0 Å². The zero-order valence-electron chi connectivity index (χ0n) is 12.4. The van der Waals surface area contributed by atoms with Crippen molar-refractivity contribution in [3.05, 3.63) is 29.3 Å². The highest BCUT2D eigenvalue weighted by Crippen LogP contribution is 2.19. The van der Waals surface area contributed by atoms with E-state index in [1.54, 1.807) is 18.2 Å². The highest BCUT2D eigenvalue weighted by atomic mass is 32.2. The summed E-state index contributed by atoms with van der Waals surface area (Å²) in [5.74, 6) is 0. The molecule has 0 bridgehead atoms. The van der Waals surface area contributed by atoms with Crippen LogP contribution in [0.25, 0.3) is 0 Å². The van der Waals surface area contributed by atoms with Gasteiger partial charge in [0.15, 0.2) is 0 Å². The number of sulfonamides is 1. The van der Waals surface area contributed by atoms with E-state index in [0.717, 1.165) is 11.1 Å². The minimum Gasteiger partial charge on any atom is -0.380 e. The molecule has 1 aromatic rings. The highest BCUT2D eigenvalue weighted by molar-refractivity contribution is 7.89. The normalized spacial score (nSPS) is 12.1. The second-order valence-electron chi connectivity index (χ2n) is 4.49. The van der Waals surface area contributed by atoms with Crippen LogP contribution in [0, 0.1) is 6.92 Å². The average Bonchev–Trinajstić information content (AvgIpc) is 2.43. The van der Waals surface area contributed by atoms with Gasteiger partial charge in [0.05, 0.1) is 11.5 Å². The number of ether oxygens (including phenoxy) is 1. The lowest BCUT2D eigenvalue weighted by molar-refractivity contribution is 0.135. The molecule has 5 nitrogen and oxygen atoms in total. The van der Waals surface area contributed by atoms with Gasteiger partial charge >= 0.3 is 0 Å². The highest BCUT2D eigenvalue weighted by Gasteiger charge is 2.23. The minimum atomic E-state index is -3.48. The Balaban J connectivity index is 3.01. The third-order valence-electron chi connectivity index (χ3n) is 3.22. The summed E-state index contributed by atoms with van der Waals surface area (Å²) in [5.41, 5.74) is 7.50. The summed E-state index contributed by atoms with van der Waals surface area (Å²) in [6.07, 6.45) is 0. The van der Waals surface area contributed by atoms with Gasteiger partial charge in [-0.2, -0.15) is 4.31 Å². The van der Waals surface area contributed by atoms with E-state index in [2.05, 4.69) is 0 Å². The molecule has 0 aromatic heterocycles. The van der Waals surface area contributed by atoms with Crippen molar-refractivity contribution in [3.63, 3.8) is 0 Å². The van der Waals surface area contributed by atoms with Crippen molar-refractivity contribution in [2.75, 3.05) is 26.3 Å². The standard InChI is InChI=1S/C14H24N2O3S/c1-4-16(8-9-19-5-2)20(17,18)14-7-6-12(3)13(10-14)11-15/h6-7,10H,4-5,8-9,11,15H2,1-3H3. The number of benzene rings is 1. The summed E-state index contributed by atoms with van der Waals surface area (Å²) in [4.78, 5) is 0.293. The molecule has 0 fully saturated rings. The van der Waals surface area contributed by atoms with Crippen LogP contribution < -0.4 is 5.73 Å². The molecular weight excluding hydrogens is 276 g/mol. The summed E-state index contributed by atoms with van der Waals surface area (Å²) < 4.78 is 31.8. The van der Waals surface area contributed by atoms with E-state index in [-0.39, 0.29) is 0 Å². The van der Waals surface area contributed by atoms with Crippen molar-refractivity contribution in [3.8, 4) is 0 Å². The van der Waals surface area contributed by atoms with Gasteiger partial charge in [-0.25, -0.2) is 8.42 Å². The van der Waals surface area contributed by atoms with Gasteiger partial charge in [0, 0.05) is 26.2 Å². The molecule has 1 rings (SSSR count). The van der Waals surface area contributed by atoms with Gasteiger partial charge in [0.2, 0.25) is 10.0 Å². The van der Waals surface area contributed by atoms with Crippen LogP contribution in [0.1, 0.15) is 25.0 Å². The topological polar surface area (TPSA) is 72.6 Å². The van der Waals surface area contributed by atoms with Crippen molar-refractivity contribution in [1.82, 2.24) is 4.31 Å². The average molecular weight is 300 g/mol. The zero-order valence-corrected chi connectivity index (χ0v) is 13.2. The number of hydrogen-bond donors (Lipinski definition) is 1. The number of likely N-dealkylation sites (N-methyl/N-ethyl adjacent to an activating group) is 1. The van der Waals surface area contributed by atoms with Gasteiger partial charge in [0.25, 0.3) is 0 Å². The van der Waals surface area contributed by atoms with Crippen molar-refractivity contribution >= 4 is 10.0 Å². The van der Waals surface area contributed by atoms with E-state index < -0.39 is 10.0 Å². The van der Waals surface area contributed by atoms with Crippen LogP contribution in [0.4, 0.5) is 0 Å². The maximum Gasteiger partial charge on any atom is 0.243 e. The van der Waals surface area contributed by atoms with Gasteiger partial charge in [-0.15, -0.1) is 0 Å². The molecule has 0 aliphatic carbocycles. The summed E-state index contributed by atoms with van der Waals surface area (Å²) in [7, 11) is -3.48. The van der Waals surface area contributed by atoms with Crippen LogP contribution in [-0.2, 0) is 21.3 Å². The number of nitrogens with two attached hydrogens (primary N) is 1. The molecule has 1 aromatic carbocycles. The quantitative estimate of drug-likeness (QED) is 0.738. The Labute approximate surface area is 121 Å².